The van der Waals surface area contributed by atoms with E-state index in [0.29, 0.717) is 16.5 Å². The Hall–Kier alpha value is -3.16. The van der Waals surface area contributed by atoms with Crippen LogP contribution in [0.3, 0.4) is 0 Å². The van der Waals surface area contributed by atoms with E-state index in [1.165, 1.54) is 17.0 Å². The summed E-state index contributed by atoms with van der Waals surface area (Å²) in [5.41, 5.74) is 3.61. The number of carboxylic acid groups (broad SMARTS) is 1. The molecule has 2 aromatic carbocycles. The van der Waals surface area contributed by atoms with Crippen LogP contribution in [0.4, 0.5) is 4.39 Å². The number of nitrogens with zero attached hydrogens (tertiary/aromatic N) is 2. The number of aromatic nitrogens is 1. The smallest absolute Gasteiger partial charge is 0.335 e. The summed E-state index contributed by atoms with van der Waals surface area (Å²) in [4.78, 5) is 27.8. The van der Waals surface area contributed by atoms with Crippen LogP contribution in [0, 0.1) is 6.92 Å². The monoisotopic (exact) mass is 443 g/mol. The third-order valence-corrected chi connectivity index (χ3v) is 5.24. The van der Waals surface area contributed by atoms with Crippen molar-refractivity contribution in [3.8, 4) is 11.1 Å². The Labute approximate surface area is 184 Å². The Balaban J connectivity index is 2.24. The van der Waals surface area contributed by atoms with Crippen LogP contribution in [0.1, 0.15) is 26.4 Å². The van der Waals surface area contributed by atoms with Crippen molar-refractivity contribution in [2.75, 3.05) is 20.6 Å². The van der Waals surface area contributed by atoms with Crippen LogP contribution >= 0.6 is 11.8 Å². The van der Waals surface area contributed by atoms with E-state index in [9.17, 15) is 19.1 Å². The van der Waals surface area contributed by atoms with Gasteiger partial charge in [-0.15, -0.1) is 0 Å². The Bertz CT molecular complexity index is 1180. The van der Waals surface area contributed by atoms with E-state index in [2.05, 4.69) is 4.84 Å². The minimum Gasteiger partial charge on any atom is -0.478 e. The number of benzene rings is 2. The van der Waals surface area contributed by atoms with Gasteiger partial charge < -0.3 is 14.6 Å². The molecule has 8 heteroatoms. The zero-order valence-electron chi connectivity index (χ0n) is 17.4. The first-order chi connectivity index (χ1) is 14.7. The SMILES string of the molecule is Cc1c(-c2cccc(C(=O)N(C)C)c2)c2cc(C(=O)O)ccc2n1C/C(F)=C/CNCl. The van der Waals surface area contributed by atoms with Gasteiger partial charge >= 0.3 is 5.97 Å². The van der Waals surface area contributed by atoms with E-state index >= 15 is 0 Å². The van der Waals surface area contributed by atoms with Gasteiger partial charge in [-0.1, -0.05) is 12.1 Å². The van der Waals surface area contributed by atoms with Crippen molar-refractivity contribution in [1.82, 2.24) is 14.3 Å². The van der Waals surface area contributed by atoms with Crippen molar-refractivity contribution >= 4 is 34.6 Å². The number of carbonyl (C=O) groups excluding carboxylic acids is 1. The zero-order valence-corrected chi connectivity index (χ0v) is 18.2. The molecule has 0 saturated carbocycles. The van der Waals surface area contributed by atoms with Crippen LogP contribution in [0.2, 0.25) is 0 Å². The fourth-order valence-corrected chi connectivity index (χ4v) is 3.69. The van der Waals surface area contributed by atoms with Crippen LogP contribution in [-0.2, 0) is 6.54 Å². The highest BCUT2D eigenvalue weighted by Crippen LogP contribution is 2.36. The Morgan fingerprint density at radius 2 is 1.94 bits per heavy atom. The number of rotatable bonds is 7. The average Bonchev–Trinajstić information content (AvgIpc) is 3.02. The van der Waals surface area contributed by atoms with E-state index in [-0.39, 0.29) is 30.4 Å². The number of amides is 1. The van der Waals surface area contributed by atoms with E-state index in [1.807, 2.05) is 13.0 Å². The van der Waals surface area contributed by atoms with Crippen molar-refractivity contribution < 1.29 is 19.1 Å². The normalized spacial score (nSPS) is 11.7. The van der Waals surface area contributed by atoms with E-state index in [4.69, 9.17) is 11.8 Å². The molecule has 31 heavy (non-hydrogen) atoms. The first kappa shape index (κ1) is 22.5. The van der Waals surface area contributed by atoms with Crippen LogP contribution in [0.25, 0.3) is 22.0 Å². The Morgan fingerprint density at radius 3 is 2.58 bits per heavy atom. The largest absolute Gasteiger partial charge is 0.478 e. The highest BCUT2D eigenvalue weighted by atomic mass is 35.5. The van der Waals surface area contributed by atoms with Gasteiger partial charge in [-0.3, -0.25) is 4.79 Å². The highest BCUT2D eigenvalue weighted by molar-refractivity contribution is 6.13. The van der Waals surface area contributed by atoms with Gasteiger partial charge in [0.25, 0.3) is 5.91 Å². The predicted octanol–water partition coefficient (Wildman–Crippen LogP) is 4.61. The van der Waals surface area contributed by atoms with E-state index in [0.717, 1.165) is 16.8 Å². The molecule has 0 saturated heterocycles. The van der Waals surface area contributed by atoms with Crippen molar-refractivity contribution in [1.29, 1.82) is 0 Å². The Morgan fingerprint density at radius 1 is 1.19 bits per heavy atom. The topological polar surface area (TPSA) is 74.6 Å². The van der Waals surface area contributed by atoms with Crippen LogP contribution < -0.4 is 4.84 Å². The molecule has 0 aliphatic carbocycles. The molecular formula is C23H23ClFN3O3. The number of carboxylic acids is 1. The number of nitrogens with one attached hydrogen (secondary N) is 1. The standard InChI is InChI=1S/C23H23ClFN3O3/c1-14-21(15-5-4-6-16(11-15)22(29)27(2)3)19-12-17(23(30)31)7-8-20(19)28(14)13-18(25)9-10-26-24/h4-9,11-12,26H,10,13H2,1-3H3,(H,30,31)/b18-9-. The van der Waals surface area contributed by atoms with Crippen molar-refractivity contribution in [2.24, 2.45) is 0 Å². The molecule has 2 N–H and O–H groups in total. The summed E-state index contributed by atoms with van der Waals surface area (Å²) >= 11 is 5.41. The van der Waals surface area contributed by atoms with Crippen molar-refractivity contribution in [2.45, 2.75) is 13.5 Å². The molecule has 3 aromatic rings. The number of aromatic carboxylic acids is 1. The first-order valence-corrected chi connectivity index (χ1v) is 9.98. The maximum atomic E-state index is 14.5. The van der Waals surface area contributed by atoms with E-state index < -0.39 is 5.97 Å². The van der Waals surface area contributed by atoms with Gasteiger partial charge in [0.05, 0.1) is 12.1 Å². The molecule has 162 valence electrons. The lowest BCUT2D eigenvalue weighted by atomic mass is 9.99. The highest BCUT2D eigenvalue weighted by Gasteiger charge is 2.19. The molecule has 1 amide bonds. The lowest BCUT2D eigenvalue weighted by Crippen LogP contribution is -2.21. The molecule has 0 spiro atoms. The molecule has 3 rings (SSSR count). The number of hydrogen-bond acceptors (Lipinski definition) is 3. The number of allylic oxidation sites excluding steroid dienone is 1. The number of carbonyl (C=O) groups is 2. The van der Waals surface area contributed by atoms with Gasteiger partial charge in [0.1, 0.15) is 5.83 Å². The summed E-state index contributed by atoms with van der Waals surface area (Å²) in [5, 5.41) is 10.1. The molecule has 6 nitrogen and oxygen atoms in total. The molecule has 0 fully saturated rings. The van der Waals surface area contributed by atoms with Crippen molar-refractivity contribution in [3.63, 3.8) is 0 Å². The molecule has 1 heterocycles. The molecule has 0 bridgehead atoms. The van der Waals surface area contributed by atoms with Gasteiger partial charge in [-0.25, -0.2) is 14.0 Å². The van der Waals surface area contributed by atoms with Crippen LogP contribution in [-0.4, -0.2) is 47.1 Å². The lowest BCUT2D eigenvalue weighted by molar-refractivity contribution is 0.0696. The second-order valence-electron chi connectivity index (χ2n) is 7.35. The molecule has 0 unspecified atom stereocenters. The molecule has 0 aliphatic heterocycles. The lowest BCUT2D eigenvalue weighted by Gasteiger charge is -2.12. The summed E-state index contributed by atoms with van der Waals surface area (Å²) < 4.78 is 16.2. The first-order valence-electron chi connectivity index (χ1n) is 9.60. The molecule has 0 atom stereocenters. The molecule has 0 aliphatic rings. The zero-order chi connectivity index (χ0) is 22.7. The third kappa shape index (κ3) is 4.62. The van der Waals surface area contributed by atoms with Gasteiger partial charge in [0.2, 0.25) is 0 Å². The fourth-order valence-electron chi connectivity index (χ4n) is 3.61. The summed E-state index contributed by atoms with van der Waals surface area (Å²) in [6.45, 7) is 2.00. The summed E-state index contributed by atoms with van der Waals surface area (Å²) in [7, 11) is 3.35. The maximum Gasteiger partial charge on any atom is 0.335 e. The summed E-state index contributed by atoms with van der Waals surface area (Å²) in [6.07, 6.45) is 1.35. The van der Waals surface area contributed by atoms with Gasteiger partial charge in [-0.05, 0) is 60.7 Å². The van der Waals surface area contributed by atoms with Gasteiger partial charge in [0.15, 0.2) is 0 Å². The maximum absolute atomic E-state index is 14.5. The number of fused-ring (bicyclic) bond motifs is 1. The van der Waals surface area contributed by atoms with Crippen LogP contribution in [0.15, 0.2) is 54.4 Å². The Kier molecular flexibility index (Phi) is 6.77. The quantitative estimate of drug-likeness (QED) is 0.523. The molecule has 0 radical (unpaired) electrons. The van der Waals surface area contributed by atoms with Gasteiger partial charge in [0, 0.05) is 48.4 Å². The third-order valence-electron chi connectivity index (χ3n) is 5.08. The minimum atomic E-state index is -1.05. The second kappa shape index (κ2) is 9.32. The predicted molar refractivity (Wildman–Crippen MR) is 120 cm³/mol. The molecule has 1 aromatic heterocycles. The fraction of sp³-hybridized carbons (Fsp3) is 0.217. The summed E-state index contributed by atoms with van der Waals surface area (Å²) in [6, 6.07) is 11.9. The van der Waals surface area contributed by atoms with Crippen LogP contribution in [0.5, 0.6) is 0 Å². The van der Waals surface area contributed by atoms with Gasteiger partial charge in [-0.2, -0.15) is 0 Å². The minimum absolute atomic E-state index is 0.0242. The second-order valence-corrected chi connectivity index (χ2v) is 7.62. The number of hydrogen-bond donors (Lipinski definition) is 2. The van der Waals surface area contributed by atoms with E-state index in [1.54, 1.807) is 49.0 Å². The number of halogens is 2. The average molecular weight is 444 g/mol. The van der Waals surface area contributed by atoms with Crippen molar-refractivity contribution in [3.05, 3.63) is 71.2 Å². The molecular weight excluding hydrogens is 421 g/mol. The summed E-state index contributed by atoms with van der Waals surface area (Å²) in [5.74, 6) is -1.57.